The molecule has 0 rings (SSSR count). The maximum absolute atomic E-state index is 8.74. The molecule has 0 saturated carbocycles. The van der Waals surface area contributed by atoms with Gasteiger partial charge in [0.1, 0.15) is 0 Å². The quantitative estimate of drug-likeness (QED) is 0.330. The summed E-state index contributed by atoms with van der Waals surface area (Å²) < 4.78 is 8.74. The van der Waals surface area contributed by atoms with Crippen LogP contribution >= 0.6 is 8.25 Å². The second-order valence-corrected chi connectivity index (χ2v) is 2.08. The summed E-state index contributed by atoms with van der Waals surface area (Å²) in [6, 6.07) is 0. The van der Waals surface area contributed by atoms with Gasteiger partial charge in [-0.3, -0.25) is 4.57 Å². The van der Waals surface area contributed by atoms with Gasteiger partial charge in [0.25, 0.3) is 0 Å². The minimum Gasteiger partial charge on any atom is -0.326 e. The highest BCUT2D eigenvalue weighted by molar-refractivity contribution is 7.30. The predicted molar refractivity (Wildman–Crippen MR) is 46.7 cm³/mol. The van der Waals surface area contributed by atoms with Crippen LogP contribution in [-0.4, -0.2) is 22.9 Å². The van der Waals surface area contributed by atoms with Gasteiger partial charge < -0.3 is 15.1 Å². The summed E-state index contributed by atoms with van der Waals surface area (Å²) in [5.41, 5.74) is 0. The summed E-state index contributed by atoms with van der Waals surface area (Å²) in [6.07, 6.45) is 3.65. The van der Waals surface area contributed by atoms with Crippen molar-refractivity contribution in [3.8, 4) is 0 Å². The van der Waals surface area contributed by atoms with Crippen LogP contribution in [0.5, 0.6) is 0 Å². The Hall–Kier alpha value is -0.410. The van der Waals surface area contributed by atoms with E-state index in [-0.39, 0.29) is 0 Å². The minimum absolute atomic E-state index is 0.867. The van der Waals surface area contributed by atoms with E-state index in [0.29, 0.717) is 0 Å². The highest BCUT2D eigenvalue weighted by Gasteiger charge is 1.69. The van der Waals surface area contributed by atoms with Crippen molar-refractivity contribution in [3.63, 3.8) is 0 Å². The van der Waals surface area contributed by atoms with E-state index in [1.54, 1.807) is 0 Å². The second-order valence-electron chi connectivity index (χ2n) is 1.52. The smallest absolute Gasteiger partial charge is 0.314 e. The lowest BCUT2D eigenvalue weighted by Gasteiger charge is -1.90. The van der Waals surface area contributed by atoms with Gasteiger partial charge in [0.15, 0.2) is 0 Å². The SMILES string of the molecule is C=CCNCC=C.O=[PH](O)O. The molecule has 0 amide bonds. The maximum atomic E-state index is 8.74. The van der Waals surface area contributed by atoms with Crippen LogP contribution in [-0.2, 0) is 4.57 Å². The summed E-state index contributed by atoms with van der Waals surface area (Å²) >= 11 is 0. The zero-order chi connectivity index (χ0) is 9.11. The first-order valence-corrected chi connectivity index (χ1v) is 4.29. The molecule has 0 unspecified atom stereocenters. The van der Waals surface area contributed by atoms with Crippen LogP contribution in [0.2, 0.25) is 0 Å². The molecule has 0 aliphatic carbocycles. The lowest BCUT2D eigenvalue weighted by atomic mass is 10.5. The summed E-state index contributed by atoms with van der Waals surface area (Å²) in [5.74, 6) is 0. The molecule has 0 aliphatic heterocycles. The van der Waals surface area contributed by atoms with Crippen LogP contribution in [0.15, 0.2) is 25.3 Å². The molecule has 0 aromatic carbocycles. The average Bonchev–Trinajstić information content (AvgIpc) is 1.88. The van der Waals surface area contributed by atoms with Crippen molar-refractivity contribution in [1.82, 2.24) is 5.32 Å². The molecule has 0 aliphatic rings. The predicted octanol–water partition coefficient (Wildman–Crippen LogP) is 0.309. The monoisotopic (exact) mass is 179 g/mol. The third-order valence-electron chi connectivity index (χ3n) is 0.577. The standard InChI is InChI=1S/C6H11N.H3O3P/c1-3-5-7-6-4-2;1-4(2)3/h3-4,7H,1-2,5-6H2;4H,(H2,1,2,3). The molecule has 0 spiro atoms. The molecule has 0 aromatic heterocycles. The van der Waals surface area contributed by atoms with Crippen molar-refractivity contribution in [2.45, 2.75) is 0 Å². The molecule has 4 nitrogen and oxygen atoms in total. The van der Waals surface area contributed by atoms with Crippen LogP contribution in [0.25, 0.3) is 0 Å². The van der Waals surface area contributed by atoms with E-state index in [4.69, 9.17) is 14.4 Å². The Bertz CT molecular complexity index is 115. The van der Waals surface area contributed by atoms with Crippen LogP contribution < -0.4 is 5.32 Å². The molecule has 0 aromatic rings. The summed E-state index contributed by atoms with van der Waals surface area (Å²) in [7, 11) is -3.13. The van der Waals surface area contributed by atoms with E-state index >= 15 is 0 Å². The van der Waals surface area contributed by atoms with E-state index in [2.05, 4.69) is 18.5 Å². The highest BCUT2D eigenvalue weighted by atomic mass is 31.1. The summed E-state index contributed by atoms with van der Waals surface area (Å²) in [4.78, 5) is 14.3. The van der Waals surface area contributed by atoms with Gasteiger partial charge in [-0.25, -0.2) is 0 Å². The Balaban J connectivity index is 0. The molecule has 0 bridgehead atoms. The molecule has 5 heteroatoms. The Kier molecular flexibility index (Phi) is 14.7. The first-order valence-electron chi connectivity index (χ1n) is 2.99. The molecular formula is C6H14NO3P. The summed E-state index contributed by atoms with van der Waals surface area (Å²) in [5, 5.41) is 3.05. The van der Waals surface area contributed by atoms with Gasteiger partial charge in [-0.2, -0.15) is 0 Å². The fourth-order valence-corrected chi connectivity index (χ4v) is 0.287. The lowest BCUT2D eigenvalue weighted by Crippen LogP contribution is -2.11. The molecule has 0 atom stereocenters. The van der Waals surface area contributed by atoms with Gasteiger partial charge in [-0.15, -0.1) is 13.2 Å². The number of rotatable bonds is 4. The molecular weight excluding hydrogens is 165 g/mol. The van der Waals surface area contributed by atoms with Gasteiger partial charge >= 0.3 is 8.25 Å². The van der Waals surface area contributed by atoms with Crippen molar-refractivity contribution < 1.29 is 14.4 Å². The van der Waals surface area contributed by atoms with E-state index < -0.39 is 8.25 Å². The van der Waals surface area contributed by atoms with Gasteiger partial charge in [0, 0.05) is 13.1 Å². The first-order chi connectivity index (χ1) is 5.15. The lowest BCUT2D eigenvalue weighted by molar-refractivity contribution is 0.405. The highest BCUT2D eigenvalue weighted by Crippen LogP contribution is 1.98. The molecule has 66 valence electrons. The molecule has 0 fully saturated rings. The maximum Gasteiger partial charge on any atom is 0.314 e. The van der Waals surface area contributed by atoms with E-state index in [9.17, 15) is 0 Å². The third-order valence-corrected chi connectivity index (χ3v) is 0.577. The van der Waals surface area contributed by atoms with E-state index in [0.717, 1.165) is 13.1 Å². The summed E-state index contributed by atoms with van der Waals surface area (Å²) in [6.45, 7) is 8.81. The Morgan fingerprint density at radius 1 is 1.27 bits per heavy atom. The molecule has 3 N–H and O–H groups in total. The largest absolute Gasteiger partial charge is 0.326 e. The number of hydrogen-bond acceptors (Lipinski definition) is 2. The average molecular weight is 179 g/mol. The topological polar surface area (TPSA) is 69.6 Å². The van der Waals surface area contributed by atoms with Crippen molar-refractivity contribution in [2.75, 3.05) is 13.1 Å². The van der Waals surface area contributed by atoms with Gasteiger partial charge in [-0.05, 0) is 0 Å². The van der Waals surface area contributed by atoms with Gasteiger partial charge in [-0.1, -0.05) is 12.2 Å². The molecule has 11 heavy (non-hydrogen) atoms. The minimum atomic E-state index is -3.13. The van der Waals surface area contributed by atoms with Crippen LogP contribution in [0, 0.1) is 0 Å². The Morgan fingerprint density at radius 2 is 1.55 bits per heavy atom. The number of nitrogens with one attached hydrogen (secondary N) is 1. The fourth-order valence-electron chi connectivity index (χ4n) is 0.287. The van der Waals surface area contributed by atoms with E-state index in [1.807, 2.05) is 12.2 Å². The van der Waals surface area contributed by atoms with Crippen LogP contribution in [0.1, 0.15) is 0 Å². The molecule has 0 heterocycles. The van der Waals surface area contributed by atoms with Crippen molar-refractivity contribution in [3.05, 3.63) is 25.3 Å². The van der Waals surface area contributed by atoms with Crippen molar-refractivity contribution >= 4 is 8.25 Å². The van der Waals surface area contributed by atoms with Crippen LogP contribution in [0.3, 0.4) is 0 Å². The third kappa shape index (κ3) is 42.9. The molecule has 0 radical (unpaired) electrons. The Labute approximate surface area is 67.2 Å². The van der Waals surface area contributed by atoms with Crippen molar-refractivity contribution in [1.29, 1.82) is 0 Å². The van der Waals surface area contributed by atoms with E-state index in [1.165, 1.54) is 0 Å². The zero-order valence-corrected chi connectivity index (χ0v) is 7.29. The van der Waals surface area contributed by atoms with Gasteiger partial charge in [0.2, 0.25) is 0 Å². The second kappa shape index (κ2) is 12.3. The van der Waals surface area contributed by atoms with Crippen LogP contribution in [0.4, 0.5) is 0 Å². The zero-order valence-electron chi connectivity index (χ0n) is 6.29. The van der Waals surface area contributed by atoms with Crippen molar-refractivity contribution in [2.24, 2.45) is 0 Å². The normalized spacial score (nSPS) is 8.27. The first kappa shape index (κ1) is 13.2. The number of hydrogen-bond donors (Lipinski definition) is 3. The van der Waals surface area contributed by atoms with Gasteiger partial charge in [0.05, 0.1) is 0 Å². The fraction of sp³-hybridized carbons (Fsp3) is 0.333. The Morgan fingerprint density at radius 3 is 1.73 bits per heavy atom. The molecule has 0 saturated heterocycles.